The third-order valence-electron chi connectivity index (χ3n) is 2.62. The fraction of sp³-hybridized carbons (Fsp3) is 0.250. The van der Waals surface area contributed by atoms with E-state index in [1.807, 2.05) is 24.4 Å². The molecular formula is C12H11NO2. The van der Waals surface area contributed by atoms with Crippen molar-refractivity contribution in [1.29, 1.82) is 0 Å². The lowest BCUT2D eigenvalue weighted by Crippen LogP contribution is -2.15. The van der Waals surface area contributed by atoms with E-state index in [2.05, 4.69) is 11.9 Å². The Morgan fingerprint density at radius 1 is 1.13 bits per heavy atom. The second-order valence-corrected chi connectivity index (χ2v) is 3.64. The third kappa shape index (κ3) is 1.31. The van der Waals surface area contributed by atoms with Crippen LogP contribution in [0, 0.1) is 6.92 Å². The Hall–Kier alpha value is -1.77. The van der Waals surface area contributed by atoms with Crippen LogP contribution in [0.15, 0.2) is 24.4 Å². The van der Waals surface area contributed by atoms with Gasteiger partial charge in [-0.15, -0.1) is 0 Å². The van der Waals surface area contributed by atoms with Crippen LogP contribution in [0.3, 0.4) is 0 Å². The van der Waals surface area contributed by atoms with Crippen molar-refractivity contribution in [1.82, 2.24) is 4.98 Å². The van der Waals surface area contributed by atoms with E-state index < -0.39 is 0 Å². The summed E-state index contributed by atoms with van der Waals surface area (Å²) >= 11 is 0. The first kappa shape index (κ1) is 8.53. The second kappa shape index (κ2) is 3.12. The van der Waals surface area contributed by atoms with Crippen LogP contribution < -0.4 is 9.47 Å². The number of hydrogen-bond acceptors (Lipinski definition) is 3. The maximum absolute atomic E-state index is 5.53. The van der Waals surface area contributed by atoms with Crippen molar-refractivity contribution in [2.24, 2.45) is 0 Å². The van der Waals surface area contributed by atoms with Gasteiger partial charge in [0.1, 0.15) is 13.2 Å². The second-order valence-electron chi connectivity index (χ2n) is 3.64. The molecule has 0 saturated heterocycles. The molecule has 2 heterocycles. The van der Waals surface area contributed by atoms with E-state index in [1.165, 1.54) is 5.56 Å². The number of aromatic nitrogens is 1. The molecule has 1 aromatic carbocycles. The topological polar surface area (TPSA) is 31.4 Å². The van der Waals surface area contributed by atoms with Crippen molar-refractivity contribution >= 4 is 10.9 Å². The molecule has 0 unspecified atom stereocenters. The Morgan fingerprint density at radius 2 is 1.87 bits per heavy atom. The molecule has 2 aromatic rings. The largest absolute Gasteiger partial charge is 0.486 e. The molecule has 3 nitrogen and oxygen atoms in total. The molecule has 0 aliphatic carbocycles. The minimum absolute atomic E-state index is 0.615. The van der Waals surface area contributed by atoms with Crippen LogP contribution in [-0.4, -0.2) is 18.2 Å². The maximum Gasteiger partial charge on any atom is 0.163 e. The Balaban J connectivity index is 2.31. The van der Waals surface area contributed by atoms with Gasteiger partial charge in [0.05, 0.1) is 5.52 Å². The first-order valence-corrected chi connectivity index (χ1v) is 4.99. The van der Waals surface area contributed by atoms with E-state index in [-0.39, 0.29) is 0 Å². The standard InChI is InChI=1S/C12H11NO2/c1-8-2-3-13-10-7-12-11(6-9(8)10)14-4-5-15-12/h2-3,6-7H,4-5H2,1H3. The lowest BCUT2D eigenvalue weighted by Gasteiger charge is -2.18. The molecule has 3 rings (SSSR count). The van der Waals surface area contributed by atoms with Gasteiger partial charge in [-0.05, 0) is 24.6 Å². The van der Waals surface area contributed by atoms with Crippen LogP contribution in [0.5, 0.6) is 11.5 Å². The summed E-state index contributed by atoms with van der Waals surface area (Å²) in [4.78, 5) is 4.31. The number of fused-ring (bicyclic) bond motifs is 2. The van der Waals surface area contributed by atoms with E-state index in [0.29, 0.717) is 13.2 Å². The molecule has 0 amide bonds. The van der Waals surface area contributed by atoms with Crippen molar-refractivity contribution in [2.75, 3.05) is 13.2 Å². The molecule has 1 aliphatic heterocycles. The fourth-order valence-electron chi connectivity index (χ4n) is 1.82. The van der Waals surface area contributed by atoms with Crippen LogP contribution in [0.1, 0.15) is 5.56 Å². The van der Waals surface area contributed by atoms with Gasteiger partial charge in [0.15, 0.2) is 11.5 Å². The average Bonchev–Trinajstić information content (AvgIpc) is 2.27. The van der Waals surface area contributed by atoms with E-state index in [9.17, 15) is 0 Å². The fourth-order valence-corrected chi connectivity index (χ4v) is 1.82. The van der Waals surface area contributed by atoms with Crippen LogP contribution in [-0.2, 0) is 0 Å². The molecule has 15 heavy (non-hydrogen) atoms. The lowest BCUT2D eigenvalue weighted by atomic mass is 10.1. The number of rotatable bonds is 0. The summed E-state index contributed by atoms with van der Waals surface area (Å²) in [5, 5.41) is 1.13. The average molecular weight is 201 g/mol. The minimum atomic E-state index is 0.615. The number of pyridine rings is 1. The number of benzene rings is 1. The monoisotopic (exact) mass is 201 g/mol. The highest BCUT2D eigenvalue weighted by molar-refractivity contribution is 5.85. The molecule has 0 fully saturated rings. The minimum Gasteiger partial charge on any atom is -0.486 e. The van der Waals surface area contributed by atoms with Crippen LogP contribution in [0.2, 0.25) is 0 Å². The SMILES string of the molecule is Cc1ccnc2cc3c(cc12)OCCO3. The number of aryl methyl sites for hydroxylation is 1. The Morgan fingerprint density at radius 3 is 2.67 bits per heavy atom. The summed E-state index contributed by atoms with van der Waals surface area (Å²) in [6.45, 7) is 3.31. The van der Waals surface area contributed by atoms with Gasteiger partial charge < -0.3 is 9.47 Å². The smallest absolute Gasteiger partial charge is 0.163 e. The molecule has 0 N–H and O–H groups in total. The van der Waals surface area contributed by atoms with Gasteiger partial charge in [0, 0.05) is 17.6 Å². The summed E-state index contributed by atoms with van der Waals surface area (Å²) in [7, 11) is 0. The summed E-state index contributed by atoms with van der Waals surface area (Å²) in [6, 6.07) is 5.95. The first-order chi connectivity index (χ1) is 7.34. The highest BCUT2D eigenvalue weighted by Crippen LogP contribution is 2.34. The normalized spacial score (nSPS) is 14.2. The summed E-state index contributed by atoms with van der Waals surface area (Å²) < 4.78 is 11.0. The summed E-state index contributed by atoms with van der Waals surface area (Å²) in [6.07, 6.45) is 1.81. The lowest BCUT2D eigenvalue weighted by molar-refractivity contribution is 0.172. The third-order valence-corrected chi connectivity index (χ3v) is 2.62. The molecule has 0 atom stereocenters. The molecule has 0 bridgehead atoms. The molecule has 0 saturated carbocycles. The molecule has 3 heteroatoms. The zero-order chi connectivity index (χ0) is 10.3. The van der Waals surface area contributed by atoms with Gasteiger partial charge in [-0.2, -0.15) is 0 Å². The van der Waals surface area contributed by atoms with E-state index in [0.717, 1.165) is 22.4 Å². The summed E-state index contributed by atoms with van der Waals surface area (Å²) in [5.41, 5.74) is 2.16. The molecule has 0 radical (unpaired) electrons. The number of ether oxygens (including phenoxy) is 2. The summed E-state index contributed by atoms with van der Waals surface area (Å²) in [5.74, 6) is 1.62. The quantitative estimate of drug-likeness (QED) is 0.655. The number of nitrogens with zero attached hydrogens (tertiary/aromatic N) is 1. The van der Waals surface area contributed by atoms with Crippen LogP contribution in [0.4, 0.5) is 0 Å². The zero-order valence-electron chi connectivity index (χ0n) is 8.49. The van der Waals surface area contributed by atoms with Gasteiger partial charge in [-0.1, -0.05) is 0 Å². The molecular weight excluding hydrogens is 190 g/mol. The van der Waals surface area contributed by atoms with Crippen molar-refractivity contribution in [3.05, 3.63) is 30.0 Å². The van der Waals surface area contributed by atoms with Gasteiger partial charge in [-0.25, -0.2) is 0 Å². The predicted octanol–water partition coefficient (Wildman–Crippen LogP) is 2.31. The van der Waals surface area contributed by atoms with Crippen molar-refractivity contribution < 1.29 is 9.47 Å². The van der Waals surface area contributed by atoms with Crippen LogP contribution in [0.25, 0.3) is 10.9 Å². The van der Waals surface area contributed by atoms with Gasteiger partial charge in [-0.3, -0.25) is 4.98 Å². The molecule has 1 aromatic heterocycles. The molecule has 76 valence electrons. The van der Waals surface area contributed by atoms with Crippen LogP contribution >= 0.6 is 0 Å². The van der Waals surface area contributed by atoms with Crippen molar-refractivity contribution in [3.63, 3.8) is 0 Å². The maximum atomic E-state index is 5.53. The zero-order valence-corrected chi connectivity index (χ0v) is 8.49. The van der Waals surface area contributed by atoms with Gasteiger partial charge >= 0.3 is 0 Å². The van der Waals surface area contributed by atoms with Gasteiger partial charge in [0.25, 0.3) is 0 Å². The number of hydrogen-bond donors (Lipinski definition) is 0. The van der Waals surface area contributed by atoms with Gasteiger partial charge in [0.2, 0.25) is 0 Å². The Kier molecular flexibility index (Phi) is 1.78. The van der Waals surface area contributed by atoms with E-state index >= 15 is 0 Å². The first-order valence-electron chi connectivity index (χ1n) is 4.99. The highest BCUT2D eigenvalue weighted by atomic mass is 16.6. The van der Waals surface area contributed by atoms with Crippen molar-refractivity contribution in [3.8, 4) is 11.5 Å². The van der Waals surface area contributed by atoms with E-state index in [4.69, 9.17) is 9.47 Å². The molecule has 1 aliphatic rings. The Labute approximate surface area is 87.6 Å². The van der Waals surface area contributed by atoms with E-state index in [1.54, 1.807) is 0 Å². The highest BCUT2D eigenvalue weighted by Gasteiger charge is 2.13. The Bertz CT molecular complexity index is 522. The molecule has 0 spiro atoms. The van der Waals surface area contributed by atoms with Crippen molar-refractivity contribution in [2.45, 2.75) is 6.92 Å². The predicted molar refractivity (Wildman–Crippen MR) is 57.5 cm³/mol.